The number of nitrogens with zero attached hydrogens (tertiary/aromatic N) is 1. The number of alkyl halides is 1. The zero-order valence-electron chi connectivity index (χ0n) is 10.7. The molecule has 0 spiro atoms. The lowest BCUT2D eigenvalue weighted by molar-refractivity contribution is 0.128. The van der Waals surface area contributed by atoms with Crippen LogP contribution in [0.3, 0.4) is 0 Å². The molecule has 0 heterocycles. The van der Waals surface area contributed by atoms with E-state index in [9.17, 15) is 8.42 Å². The lowest BCUT2D eigenvalue weighted by atomic mass is 9.91. The Bertz CT molecular complexity index is 302. The standard InChI is InChI=1S/C12H24ClNO2S/c1-2-17(15,16)11-5-10-14(9-4-8-13)12-6-3-7-12/h12H,2-11H2,1H3. The fraction of sp³-hybridized carbons (Fsp3) is 1.00. The zero-order chi connectivity index (χ0) is 12.7. The van der Waals surface area contributed by atoms with E-state index in [2.05, 4.69) is 4.90 Å². The minimum Gasteiger partial charge on any atom is -0.300 e. The first kappa shape index (κ1) is 15.3. The Balaban J connectivity index is 2.28. The molecule has 0 aromatic heterocycles. The molecule has 102 valence electrons. The molecule has 1 aliphatic rings. The highest BCUT2D eigenvalue weighted by molar-refractivity contribution is 7.91. The van der Waals surface area contributed by atoms with Gasteiger partial charge in [-0.05, 0) is 38.8 Å². The summed E-state index contributed by atoms with van der Waals surface area (Å²) in [5.74, 6) is 1.28. The monoisotopic (exact) mass is 281 g/mol. The van der Waals surface area contributed by atoms with Crippen molar-refractivity contribution in [2.75, 3.05) is 30.5 Å². The fourth-order valence-corrected chi connectivity index (χ4v) is 3.10. The van der Waals surface area contributed by atoms with Crippen LogP contribution in [0, 0.1) is 0 Å². The van der Waals surface area contributed by atoms with Crippen molar-refractivity contribution < 1.29 is 8.42 Å². The predicted molar refractivity (Wildman–Crippen MR) is 73.5 cm³/mol. The topological polar surface area (TPSA) is 37.4 Å². The van der Waals surface area contributed by atoms with Crippen LogP contribution in [0.1, 0.15) is 39.0 Å². The highest BCUT2D eigenvalue weighted by Gasteiger charge is 2.24. The molecule has 0 unspecified atom stereocenters. The van der Waals surface area contributed by atoms with Crippen molar-refractivity contribution >= 4 is 21.4 Å². The quantitative estimate of drug-likeness (QED) is 0.609. The minimum absolute atomic E-state index is 0.262. The van der Waals surface area contributed by atoms with Gasteiger partial charge in [0.25, 0.3) is 0 Å². The van der Waals surface area contributed by atoms with E-state index in [1.165, 1.54) is 19.3 Å². The third-order valence-corrected chi connectivity index (χ3v) is 5.57. The molecule has 1 saturated carbocycles. The van der Waals surface area contributed by atoms with E-state index in [0.29, 0.717) is 17.7 Å². The average Bonchev–Trinajstić information content (AvgIpc) is 2.23. The number of hydrogen-bond donors (Lipinski definition) is 0. The summed E-state index contributed by atoms with van der Waals surface area (Å²) in [6.45, 7) is 3.63. The van der Waals surface area contributed by atoms with E-state index < -0.39 is 9.84 Å². The fourth-order valence-electron chi connectivity index (χ4n) is 2.12. The van der Waals surface area contributed by atoms with Crippen molar-refractivity contribution in [3.05, 3.63) is 0 Å². The van der Waals surface area contributed by atoms with Crippen LogP contribution in [0.25, 0.3) is 0 Å². The van der Waals surface area contributed by atoms with Gasteiger partial charge in [-0.15, -0.1) is 11.6 Å². The first-order valence-corrected chi connectivity index (χ1v) is 8.95. The second-order valence-electron chi connectivity index (χ2n) is 4.75. The lowest BCUT2D eigenvalue weighted by Gasteiger charge is -2.37. The van der Waals surface area contributed by atoms with Crippen LogP contribution in [-0.4, -0.2) is 49.8 Å². The van der Waals surface area contributed by atoms with Crippen molar-refractivity contribution in [3.63, 3.8) is 0 Å². The Labute approximate surface area is 110 Å². The lowest BCUT2D eigenvalue weighted by Crippen LogP contribution is -2.41. The van der Waals surface area contributed by atoms with Gasteiger partial charge in [0.05, 0.1) is 5.75 Å². The van der Waals surface area contributed by atoms with E-state index in [4.69, 9.17) is 11.6 Å². The van der Waals surface area contributed by atoms with Crippen LogP contribution in [0.5, 0.6) is 0 Å². The van der Waals surface area contributed by atoms with Crippen LogP contribution >= 0.6 is 11.6 Å². The molecule has 0 aromatic carbocycles. The highest BCUT2D eigenvalue weighted by Crippen LogP contribution is 2.25. The predicted octanol–water partition coefficient (Wildman–Crippen LogP) is 2.29. The van der Waals surface area contributed by atoms with Crippen molar-refractivity contribution in [1.82, 2.24) is 4.90 Å². The van der Waals surface area contributed by atoms with Gasteiger partial charge in [-0.1, -0.05) is 13.3 Å². The number of rotatable bonds is 9. The summed E-state index contributed by atoms with van der Waals surface area (Å²) >= 11 is 5.72. The molecular weight excluding hydrogens is 258 g/mol. The average molecular weight is 282 g/mol. The smallest absolute Gasteiger partial charge is 0.150 e. The Morgan fingerprint density at radius 3 is 2.35 bits per heavy atom. The summed E-state index contributed by atoms with van der Waals surface area (Å²) in [5, 5.41) is 0. The Morgan fingerprint density at radius 2 is 1.88 bits per heavy atom. The second kappa shape index (κ2) is 7.59. The van der Waals surface area contributed by atoms with Gasteiger partial charge < -0.3 is 4.90 Å². The van der Waals surface area contributed by atoms with Gasteiger partial charge in [-0.3, -0.25) is 0 Å². The van der Waals surface area contributed by atoms with Crippen molar-refractivity contribution in [1.29, 1.82) is 0 Å². The number of hydrogen-bond acceptors (Lipinski definition) is 3. The summed E-state index contributed by atoms with van der Waals surface area (Å²) in [6, 6.07) is 0.683. The maximum atomic E-state index is 11.4. The molecule has 5 heteroatoms. The maximum Gasteiger partial charge on any atom is 0.150 e. The highest BCUT2D eigenvalue weighted by atomic mass is 35.5. The molecule has 17 heavy (non-hydrogen) atoms. The van der Waals surface area contributed by atoms with Gasteiger partial charge in [0.15, 0.2) is 0 Å². The van der Waals surface area contributed by atoms with Crippen molar-refractivity contribution in [2.24, 2.45) is 0 Å². The molecule has 0 bridgehead atoms. The SMILES string of the molecule is CCS(=O)(=O)CCCN(CCCCl)C1CCC1. The Hall–Kier alpha value is 0.200. The summed E-state index contributed by atoms with van der Waals surface area (Å²) in [4.78, 5) is 2.43. The molecular formula is C12H24ClNO2S. The van der Waals surface area contributed by atoms with E-state index in [-0.39, 0.29) is 5.75 Å². The molecule has 0 saturated heterocycles. The van der Waals surface area contributed by atoms with Crippen LogP contribution < -0.4 is 0 Å². The molecule has 1 rings (SSSR count). The van der Waals surface area contributed by atoms with E-state index in [1.54, 1.807) is 6.92 Å². The van der Waals surface area contributed by atoms with E-state index >= 15 is 0 Å². The van der Waals surface area contributed by atoms with Gasteiger partial charge in [0.1, 0.15) is 9.84 Å². The summed E-state index contributed by atoms with van der Waals surface area (Å²) in [7, 11) is -2.80. The van der Waals surface area contributed by atoms with Gasteiger partial charge in [-0.2, -0.15) is 0 Å². The van der Waals surface area contributed by atoms with Gasteiger partial charge in [-0.25, -0.2) is 8.42 Å². The van der Waals surface area contributed by atoms with Gasteiger partial charge >= 0.3 is 0 Å². The molecule has 0 aromatic rings. The third-order valence-electron chi connectivity index (χ3n) is 3.51. The van der Waals surface area contributed by atoms with E-state index in [1.807, 2.05) is 0 Å². The molecule has 1 aliphatic carbocycles. The number of halogens is 1. The Morgan fingerprint density at radius 1 is 1.24 bits per heavy atom. The molecule has 3 nitrogen and oxygen atoms in total. The van der Waals surface area contributed by atoms with Crippen molar-refractivity contribution in [3.8, 4) is 0 Å². The summed E-state index contributed by atoms with van der Waals surface area (Å²) in [6.07, 6.45) is 5.61. The third kappa shape index (κ3) is 5.58. The van der Waals surface area contributed by atoms with Crippen LogP contribution in [-0.2, 0) is 9.84 Å². The molecule has 0 radical (unpaired) electrons. The molecule has 0 aliphatic heterocycles. The molecule has 0 amide bonds. The normalized spacial score (nSPS) is 17.4. The second-order valence-corrected chi connectivity index (χ2v) is 7.60. The van der Waals surface area contributed by atoms with Gasteiger partial charge in [0, 0.05) is 17.7 Å². The van der Waals surface area contributed by atoms with Crippen LogP contribution in [0.2, 0.25) is 0 Å². The largest absolute Gasteiger partial charge is 0.300 e. The first-order chi connectivity index (χ1) is 8.09. The van der Waals surface area contributed by atoms with Crippen LogP contribution in [0.15, 0.2) is 0 Å². The molecule has 0 N–H and O–H groups in total. The molecule has 1 fully saturated rings. The van der Waals surface area contributed by atoms with Crippen molar-refractivity contribution in [2.45, 2.75) is 45.1 Å². The minimum atomic E-state index is -2.80. The van der Waals surface area contributed by atoms with Gasteiger partial charge in [0.2, 0.25) is 0 Å². The zero-order valence-corrected chi connectivity index (χ0v) is 12.3. The molecule has 0 atom stereocenters. The van der Waals surface area contributed by atoms with E-state index in [0.717, 1.165) is 25.9 Å². The summed E-state index contributed by atoms with van der Waals surface area (Å²) in [5.41, 5.74) is 0. The number of sulfone groups is 1. The summed E-state index contributed by atoms with van der Waals surface area (Å²) < 4.78 is 22.8. The maximum absolute atomic E-state index is 11.4. The Kier molecular flexibility index (Phi) is 6.82. The van der Waals surface area contributed by atoms with Crippen LogP contribution in [0.4, 0.5) is 0 Å². The first-order valence-electron chi connectivity index (χ1n) is 6.59.